The zero-order valence-electron chi connectivity index (χ0n) is 12.6. The lowest BCUT2D eigenvalue weighted by Gasteiger charge is -2.18. The van der Waals surface area contributed by atoms with Crippen LogP contribution in [0.5, 0.6) is 0 Å². The van der Waals surface area contributed by atoms with E-state index in [1.807, 2.05) is 56.3 Å². The summed E-state index contributed by atoms with van der Waals surface area (Å²) in [6, 6.07) is 14.8. The van der Waals surface area contributed by atoms with Crippen LogP contribution in [0.4, 0.5) is 0 Å². The van der Waals surface area contributed by atoms with Crippen LogP contribution in [0.2, 0.25) is 0 Å². The predicted molar refractivity (Wildman–Crippen MR) is 88.4 cm³/mol. The highest BCUT2D eigenvalue weighted by molar-refractivity contribution is 7.78. The number of rotatable bonds is 4. The van der Waals surface area contributed by atoms with Gasteiger partial charge in [0.25, 0.3) is 5.91 Å². The number of nitrogens with one attached hydrogen (secondary N) is 1. The second-order valence-electron chi connectivity index (χ2n) is 5.14. The summed E-state index contributed by atoms with van der Waals surface area (Å²) >= 11 is 0. The molecule has 0 bridgehead atoms. The summed E-state index contributed by atoms with van der Waals surface area (Å²) in [6.07, 6.45) is 0. The molecule has 0 fully saturated rings. The maximum Gasteiger partial charge on any atom is 0.252 e. The summed E-state index contributed by atoms with van der Waals surface area (Å²) in [4.78, 5) is 12.2. The van der Waals surface area contributed by atoms with Crippen LogP contribution in [0.3, 0.4) is 0 Å². The fourth-order valence-corrected chi connectivity index (χ4v) is 4.40. The van der Waals surface area contributed by atoms with Gasteiger partial charge in [0.2, 0.25) is 0 Å². The SMILES string of the molecule is CCNC(=O)c1ccc(C)cc1P(C)(=O)c1ccccc1. The van der Waals surface area contributed by atoms with E-state index in [1.165, 1.54) is 0 Å². The van der Waals surface area contributed by atoms with Crippen LogP contribution >= 0.6 is 7.14 Å². The maximum absolute atomic E-state index is 13.3. The van der Waals surface area contributed by atoms with Gasteiger partial charge in [0, 0.05) is 17.2 Å². The van der Waals surface area contributed by atoms with Gasteiger partial charge in [-0.05, 0) is 32.6 Å². The molecule has 0 aliphatic heterocycles. The average molecular weight is 301 g/mol. The number of carbonyl (C=O) groups excluding carboxylic acids is 1. The van der Waals surface area contributed by atoms with Crippen LogP contribution in [0.25, 0.3) is 0 Å². The molecular formula is C17H20NO2P. The highest BCUT2D eigenvalue weighted by atomic mass is 31.2. The summed E-state index contributed by atoms with van der Waals surface area (Å²) in [5.41, 5.74) is 1.49. The Morgan fingerprint density at radius 1 is 1.14 bits per heavy atom. The second kappa shape index (κ2) is 6.28. The number of hydrogen-bond donors (Lipinski definition) is 1. The molecule has 1 N–H and O–H groups in total. The summed E-state index contributed by atoms with van der Waals surface area (Å²) in [5, 5.41) is 4.17. The average Bonchev–Trinajstić information content (AvgIpc) is 2.48. The van der Waals surface area contributed by atoms with E-state index in [-0.39, 0.29) is 5.91 Å². The van der Waals surface area contributed by atoms with Gasteiger partial charge in [-0.1, -0.05) is 42.0 Å². The Morgan fingerprint density at radius 2 is 1.81 bits per heavy atom. The first-order chi connectivity index (χ1) is 9.96. The van der Waals surface area contributed by atoms with Crippen molar-refractivity contribution >= 4 is 23.7 Å². The summed E-state index contributed by atoms with van der Waals surface area (Å²) in [6.45, 7) is 6.08. The summed E-state index contributed by atoms with van der Waals surface area (Å²) < 4.78 is 13.3. The maximum atomic E-state index is 13.3. The molecule has 4 heteroatoms. The molecule has 0 spiro atoms. The molecule has 2 aromatic carbocycles. The Hall–Kier alpha value is -1.86. The van der Waals surface area contributed by atoms with Crippen LogP contribution in [-0.2, 0) is 4.57 Å². The molecule has 1 unspecified atom stereocenters. The quantitative estimate of drug-likeness (QED) is 0.883. The first-order valence-corrected chi connectivity index (χ1v) is 9.14. The number of hydrogen-bond acceptors (Lipinski definition) is 2. The molecule has 2 rings (SSSR count). The summed E-state index contributed by atoms with van der Waals surface area (Å²) in [7, 11) is -2.80. The molecule has 0 aliphatic rings. The van der Waals surface area contributed by atoms with E-state index in [0.29, 0.717) is 17.4 Å². The third-order valence-corrected chi connectivity index (χ3v) is 6.02. The van der Waals surface area contributed by atoms with Gasteiger partial charge in [-0.25, -0.2) is 0 Å². The van der Waals surface area contributed by atoms with E-state index in [4.69, 9.17) is 0 Å². The standard InChI is InChI=1S/C17H20NO2P/c1-4-18-17(19)15-11-10-13(2)12-16(15)21(3,20)14-8-6-5-7-9-14/h5-12H,4H2,1-3H3,(H,18,19). The lowest BCUT2D eigenvalue weighted by atomic mass is 10.1. The van der Waals surface area contributed by atoms with Crippen molar-refractivity contribution in [2.24, 2.45) is 0 Å². The molecule has 1 amide bonds. The van der Waals surface area contributed by atoms with E-state index in [2.05, 4.69) is 5.32 Å². The molecular weight excluding hydrogens is 281 g/mol. The zero-order chi connectivity index (χ0) is 15.5. The van der Waals surface area contributed by atoms with Crippen molar-refractivity contribution < 1.29 is 9.36 Å². The van der Waals surface area contributed by atoms with Crippen molar-refractivity contribution in [3.63, 3.8) is 0 Å². The van der Waals surface area contributed by atoms with Crippen molar-refractivity contribution in [2.75, 3.05) is 13.2 Å². The van der Waals surface area contributed by atoms with Gasteiger partial charge in [0.15, 0.2) is 0 Å². The molecule has 0 saturated heterocycles. The van der Waals surface area contributed by atoms with Crippen molar-refractivity contribution in [2.45, 2.75) is 13.8 Å². The topological polar surface area (TPSA) is 46.2 Å². The normalized spacial score (nSPS) is 13.5. The van der Waals surface area contributed by atoms with Crippen LogP contribution in [0, 0.1) is 6.92 Å². The Kier molecular flexibility index (Phi) is 4.64. The number of benzene rings is 2. The van der Waals surface area contributed by atoms with Crippen LogP contribution in [0.15, 0.2) is 48.5 Å². The molecule has 0 saturated carbocycles. The van der Waals surface area contributed by atoms with Gasteiger partial charge in [-0.15, -0.1) is 0 Å². The number of carbonyl (C=O) groups is 1. The zero-order valence-corrected chi connectivity index (χ0v) is 13.5. The fraction of sp³-hybridized carbons (Fsp3) is 0.235. The van der Waals surface area contributed by atoms with Gasteiger partial charge in [0.1, 0.15) is 7.14 Å². The van der Waals surface area contributed by atoms with E-state index >= 15 is 0 Å². The van der Waals surface area contributed by atoms with Crippen molar-refractivity contribution in [3.8, 4) is 0 Å². The summed E-state index contributed by atoms with van der Waals surface area (Å²) in [5.74, 6) is -0.175. The minimum Gasteiger partial charge on any atom is -0.352 e. The first kappa shape index (κ1) is 15.5. The smallest absolute Gasteiger partial charge is 0.252 e. The van der Waals surface area contributed by atoms with Gasteiger partial charge >= 0.3 is 0 Å². The van der Waals surface area contributed by atoms with Gasteiger partial charge in [0.05, 0.1) is 5.56 Å². The molecule has 0 aromatic heterocycles. The van der Waals surface area contributed by atoms with E-state index < -0.39 is 7.14 Å². The molecule has 1 atom stereocenters. The van der Waals surface area contributed by atoms with Crippen LogP contribution in [-0.4, -0.2) is 19.1 Å². The fourth-order valence-electron chi connectivity index (χ4n) is 2.29. The number of aryl methyl sites for hydroxylation is 1. The van der Waals surface area contributed by atoms with Crippen molar-refractivity contribution in [1.82, 2.24) is 5.32 Å². The first-order valence-electron chi connectivity index (χ1n) is 6.99. The minimum absolute atomic E-state index is 0.175. The molecule has 2 aromatic rings. The lowest BCUT2D eigenvalue weighted by Crippen LogP contribution is -2.30. The van der Waals surface area contributed by atoms with E-state index in [0.717, 1.165) is 10.9 Å². The molecule has 110 valence electrons. The van der Waals surface area contributed by atoms with Crippen molar-refractivity contribution in [1.29, 1.82) is 0 Å². The third kappa shape index (κ3) is 3.25. The largest absolute Gasteiger partial charge is 0.352 e. The van der Waals surface area contributed by atoms with E-state index in [1.54, 1.807) is 12.7 Å². The third-order valence-electron chi connectivity index (χ3n) is 3.44. The Balaban J connectivity index is 2.59. The molecule has 3 nitrogen and oxygen atoms in total. The van der Waals surface area contributed by atoms with Crippen LogP contribution in [0.1, 0.15) is 22.8 Å². The Morgan fingerprint density at radius 3 is 2.43 bits per heavy atom. The molecule has 21 heavy (non-hydrogen) atoms. The number of amides is 1. The second-order valence-corrected chi connectivity index (χ2v) is 7.99. The monoisotopic (exact) mass is 301 g/mol. The predicted octanol–water partition coefficient (Wildman–Crippen LogP) is 2.69. The van der Waals surface area contributed by atoms with Crippen LogP contribution < -0.4 is 15.9 Å². The van der Waals surface area contributed by atoms with Gasteiger partial charge in [-0.3, -0.25) is 4.79 Å². The van der Waals surface area contributed by atoms with Gasteiger partial charge in [-0.2, -0.15) is 0 Å². The Bertz CT molecular complexity index is 695. The minimum atomic E-state index is -2.80. The molecule has 0 radical (unpaired) electrons. The molecule has 0 aliphatic carbocycles. The lowest BCUT2D eigenvalue weighted by molar-refractivity contribution is 0.0957. The van der Waals surface area contributed by atoms with Crippen molar-refractivity contribution in [3.05, 3.63) is 59.7 Å². The molecule has 0 heterocycles. The highest BCUT2D eigenvalue weighted by Crippen LogP contribution is 2.40. The van der Waals surface area contributed by atoms with E-state index in [9.17, 15) is 9.36 Å². The highest BCUT2D eigenvalue weighted by Gasteiger charge is 2.26. The Labute approximate surface area is 125 Å². The van der Waals surface area contributed by atoms with Gasteiger partial charge < -0.3 is 9.88 Å².